The van der Waals surface area contributed by atoms with Crippen LogP contribution in [0.4, 0.5) is 0 Å². The van der Waals surface area contributed by atoms with Crippen molar-refractivity contribution in [1.29, 1.82) is 0 Å². The fraction of sp³-hybridized carbons (Fsp3) is 0.721. The van der Waals surface area contributed by atoms with E-state index in [0.717, 1.165) is 109 Å². The van der Waals surface area contributed by atoms with Crippen LogP contribution in [0.5, 0.6) is 0 Å². The molecule has 1 unspecified atom stereocenters. The van der Waals surface area contributed by atoms with E-state index < -0.39 is 6.10 Å². The number of unbranched alkanes of at least 4 members (excludes halogenated alkanes) is 25. The van der Waals surface area contributed by atoms with E-state index in [-0.39, 0.29) is 31.1 Å². The molecule has 384 valence electrons. The van der Waals surface area contributed by atoms with Crippen molar-refractivity contribution in [2.75, 3.05) is 13.2 Å². The second-order valence-electron chi connectivity index (χ2n) is 18.5. The van der Waals surface area contributed by atoms with Crippen molar-refractivity contribution in [3.63, 3.8) is 0 Å². The van der Waals surface area contributed by atoms with Crippen LogP contribution in [0.2, 0.25) is 0 Å². The molecule has 0 fully saturated rings. The largest absolute Gasteiger partial charge is 0.462 e. The molecule has 0 heterocycles. The number of esters is 3. The summed E-state index contributed by atoms with van der Waals surface area (Å²) in [5.74, 6) is -0.913. The Labute approximate surface area is 414 Å². The molecule has 0 bridgehead atoms. The number of hydrogen-bond acceptors (Lipinski definition) is 6. The van der Waals surface area contributed by atoms with Crippen LogP contribution in [0.1, 0.15) is 265 Å². The van der Waals surface area contributed by atoms with Crippen LogP contribution >= 0.6 is 0 Å². The SMILES string of the molecule is CC/C=C\C/C=C\C/C=C\C/C=C\C/C=C\C/C=C\C/C=C\CCCCCC(=O)OCC(COC(=O)CCCCCCCCCCCCC)OC(=O)CCCCCCCCCCCCCCC. The summed E-state index contributed by atoms with van der Waals surface area (Å²) in [6.07, 6.45) is 71.4. The number of carbonyl (C=O) groups is 3. The van der Waals surface area contributed by atoms with Gasteiger partial charge in [0.15, 0.2) is 6.10 Å². The summed E-state index contributed by atoms with van der Waals surface area (Å²) in [4.78, 5) is 38.0. The molecule has 0 rings (SSSR count). The monoisotopic (exact) mass is 933 g/mol. The predicted molar refractivity (Wildman–Crippen MR) is 288 cm³/mol. The third kappa shape index (κ3) is 53.4. The normalized spacial score (nSPS) is 12.7. The first kappa shape index (κ1) is 63.6. The van der Waals surface area contributed by atoms with Gasteiger partial charge >= 0.3 is 17.9 Å². The quantitative estimate of drug-likeness (QED) is 0.0262. The van der Waals surface area contributed by atoms with Gasteiger partial charge in [-0.15, -0.1) is 0 Å². The Hall–Kier alpha value is -3.41. The number of allylic oxidation sites excluding steroid dienone is 14. The van der Waals surface area contributed by atoms with E-state index in [0.29, 0.717) is 19.3 Å². The van der Waals surface area contributed by atoms with Gasteiger partial charge in [-0.25, -0.2) is 0 Å². The van der Waals surface area contributed by atoms with Gasteiger partial charge in [0.1, 0.15) is 13.2 Å². The van der Waals surface area contributed by atoms with Crippen LogP contribution in [-0.4, -0.2) is 37.2 Å². The molecule has 6 nitrogen and oxygen atoms in total. The zero-order valence-electron chi connectivity index (χ0n) is 43.9. The molecule has 0 saturated heterocycles. The van der Waals surface area contributed by atoms with Crippen LogP contribution in [0.25, 0.3) is 0 Å². The van der Waals surface area contributed by atoms with Crippen molar-refractivity contribution in [3.05, 3.63) is 85.1 Å². The number of ether oxygens (including phenoxy) is 3. The van der Waals surface area contributed by atoms with Gasteiger partial charge in [-0.2, -0.15) is 0 Å². The Bertz CT molecular complexity index is 1300. The first-order chi connectivity index (χ1) is 33.0. The second kappa shape index (κ2) is 55.2. The minimum atomic E-state index is -0.786. The first-order valence-electron chi connectivity index (χ1n) is 28.1. The molecule has 0 aliphatic heterocycles. The summed E-state index contributed by atoms with van der Waals surface area (Å²) in [6.45, 7) is 6.50. The Morgan fingerprint density at radius 2 is 0.582 bits per heavy atom. The van der Waals surface area contributed by atoms with Gasteiger partial charge in [-0.05, 0) is 77.0 Å². The van der Waals surface area contributed by atoms with E-state index >= 15 is 0 Å². The fourth-order valence-corrected chi connectivity index (χ4v) is 7.72. The maximum Gasteiger partial charge on any atom is 0.306 e. The maximum absolute atomic E-state index is 12.8. The topological polar surface area (TPSA) is 78.9 Å². The standard InChI is InChI=1S/C61H104O6/c1-4-7-10-13-16-19-22-24-25-26-27-28-29-30-31-32-33-34-35-37-39-42-45-48-51-54-60(63)66-57-58(56-65-59(62)53-50-47-44-41-38-21-18-15-12-9-6-3)67-61(64)55-52-49-46-43-40-36-23-20-17-14-11-8-5-2/h7,10,16,19,24-25,27-28,30-31,33-34,37,39,58H,4-6,8-9,11-15,17-18,20-23,26,29,32,35-36,38,40-57H2,1-3H3/b10-7-,19-16-,25-24-,28-27-,31-30-,34-33-,39-37-. The summed E-state index contributed by atoms with van der Waals surface area (Å²) in [5, 5.41) is 0. The summed E-state index contributed by atoms with van der Waals surface area (Å²) in [6, 6.07) is 0. The molecule has 0 N–H and O–H groups in total. The van der Waals surface area contributed by atoms with E-state index in [1.165, 1.54) is 116 Å². The van der Waals surface area contributed by atoms with Crippen molar-refractivity contribution in [2.45, 2.75) is 271 Å². The van der Waals surface area contributed by atoms with Gasteiger partial charge in [0.2, 0.25) is 0 Å². The zero-order valence-corrected chi connectivity index (χ0v) is 43.9. The van der Waals surface area contributed by atoms with Crippen molar-refractivity contribution >= 4 is 17.9 Å². The Kier molecular flexibility index (Phi) is 52.4. The van der Waals surface area contributed by atoms with Crippen molar-refractivity contribution in [1.82, 2.24) is 0 Å². The highest BCUT2D eigenvalue weighted by Crippen LogP contribution is 2.15. The molecule has 0 radical (unpaired) electrons. The van der Waals surface area contributed by atoms with Gasteiger partial charge in [0.25, 0.3) is 0 Å². The molecule has 0 aromatic rings. The van der Waals surface area contributed by atoms with Gasteiger partial charge in [-0.1, -0.05) is 254 Å². The lowest BCUT2D eigenvalue weighted by molar-refractivity contribution is -0.167. The lowest BCUT2D eigenvalue weighted by atomic mass is 10.0. The Balaban J connectivity index is 4.36. The lowest BCUT2D eigenvalue weighted by Gasteiger charge is -2.18. The van der Waals surface area contributed by atoms with E-state index in [4.69, 9.17) is 14.2 Å². The molecule has 67 heavy (non-hydrogen) atoms. The Morgan fingerprint density at radius 1 is 0.313 bits per heavy atom. The molecular weight excluding hydrogens is 829 g/mol. The van der Waals surface area contributed by atoms with Crippen LogP contribution in [-0.2, 0) is 28.6 Å². The maximum atomic E-state index is 12.8. The molecule has 6 heteroatoms. The average Bonchev–Trinajstić information content (AvgIpc) is 3.33. The van der Waals surface area contributed by atoms with Crippen LogP contribution in [0.15, 0.2) is 85.1 Å². The summed E-state index contributed by atoms with van der Waals surface area (Å²) in [7, 11) is 0. The molecule has 0 aromatic heterocycles. The molecule has 0 spiro atoms. The molecule has 0 aliphatic rings. The van der Waals surface area contributed by atoms with E-state index in [1.54, 1.807) is 0 Å². The number of carbonyl (C=O) groups excluding carboxylic acids is 3. The van der Waals surface area contributed by atoms with Crippen molar-refractivity contribution in [2.24, 2.45) is 0 Å². The predicted octanol–water partition coefficient (Wildman–Crippen LogP) is 18.8. The fourth-order valence-electron chi connectivity index (χ4n) is 7.72. The lowest BCUT2D eigenvalue weighted by Crippen LogP contribution is -2.30. The highest BCUT2D eigenvalue weighted by Gasteiger charge is 2.19. The van der Waals surface area contributed by atoms with Gasteiger partial charge in [0, 0.05) is 19.3 Å². The minimum Gasteiger partial charge on any atom is -0.462 e. The van der Waals surface area contributed by atoms with E-state index in [1.807, 2.05) is 0 Å². The molecule has 0 aromatic carbocycles. The highest BCUT2D eigenvalue weighted by molar-refractivity contribution is 5.71. The summed E-state index contributed by atoms with van der Waals surface area (Å²) in [5.41, 5.74) is 0. The molecular formula is C61H104O6. The number of hydrogen-bond donors (Lipinski definition) is 0. The van der Waals surface area contributed by atoms with Crippen LogP contribution in [0, 0.1) is 0 Å². The second-order valence-corrected chi connectivity index (χ2v) is 18.5. The zero-order chi connectivity index (χ0) is 48.6. The summed E-state index contributed by atoms with van der Waals surface area (Å²) < 4.78 is 16.8. The minimum absolute atomic E-state index is 0.0839. The molecule has 1 atom stereocenters. The Morgan fingerprint density at radius 3 is 0.910 bits per heavy atom. The summed E-state index contributed by atoms with van der Waals surface area (Å²) >= 11 is 0. The third-order valence-corrected chi connectivity index (χ3v) is 11.9. The third-order valence-electron chi connectivity index (χ3n) is 11.9. The van der Waals surface area contributed by atoms with E-state index in [9.17, 15) is 14.4 Å². The smallest absolute Gasteiger partial charge is 0.306 e. The van der Waals surface area contributed by atoms with E-state index in [2.05, 4.69) is 106 Å². The first-order valence-corrected chi connectivity index (χ1v) is 28.1. The molecule has 0 aliphatic carbocycles. The number of rotatable bonds is 50. The molecule has 0 saturated carbocycles. The van der Waals surface area contributed by atoms with Crippen LogP contribution < -0.4 is 0 Å². The average molecular weight is 933 g/mol. The molecule has 0 amide bonds. The van der Waals surface area contributed by atoms with Crippen molar-refractivity contribution in [3.8, 4) is 0 Å². The van der Waals surface area contributed by atoms with Crippen molar-refractivity contribution < 1.29 is 28.6 Å². The van der Waals surface area contributed by atoms with Gasteiger partial charge < -0.3 is 14.2 Å². The van der Waals surface area contributed by atoms with Crippen LogP contribution in [0.3, 0.4) is 0 Å². The highest BCUT2D eigenvalue weighted by atomic mass is 16.6. The van der Waals surface area contributed by atoms with Gasteiger partial charge in [-0.3, -0.25) is 14.4 Å². The van der Waals surface area contributed by atoms with Gasteiger partial charge in [0.05, 0.1) is 0 Å².